The molecule has 1 unspecified atom stereocenters. The molecule has 1 fully saturated rings. The minimum Gasteiger partial charge on any atom is -0.388 e. The molecule has 0 amide bonds. The van der Waals surface area contributed by atoms with Gasteiger partial charge in [0, 0.05) is 24.2 Å². The lowest BCUT2D eigenvalue weighted by atomic mass is 10.00. The largest absolute Gasteiger partial charge is 0.388 e. The molecule has 0 aromatic heterocycles. The van der Waals surface area contributed by atoms with Crippen LogP contribution in [0, 0.1) is 11.6 Å². The summed E-state index contributed by atoms with van der Waals surface area (Å²) in [5.41, 5.74) is -0.0746. The molecule has 0 bridgehead atoms. The highest BCUT2D eigenvalue weighted by Crippen LogP contribution is 2.25. The molecule has 0 spiro atoms. The lowest BCUT2D eigenvalue weighted by Crippen LogP contribution is -2.53. The average Bonchev–Trinajstić information content (AvgIpc) is 2.40. The first-order chi connectivity index (χ1) is 9.42. The van der Waals surface area contributed by atoms with E-state index in [1.165, 1.54) is 12.1 Å². The van der Waals surface area contributed by atoms with Gasteiger partial charge in [0.05, 0.1) is 19.3 Å². The maximum Gasteiger partial charge on any atom is 0.164 e. The van der Waals surface area contributed by atoms with Crippen LogP contribution in [0.4, 0.5) is 8.78 Å². The van der Waals surface area contributed by atoms with E-state index in [-0.39, 0.29) is 11.1 Å². The predicted octanol–water partition coefficient (Wildman–Crippen LogP) is 2.50. The zero-order valence-electron chi connectivity index (χ0n) is 11.9. The van der Waals surface area contributed by atoms with Gasteiger partial charge in [-0.15, -0.1) is 0 Å². The molecule has 2 rings (SSSR count). The molecule has 1 heterocycles. The van der Waals surface area contributed by atoms with Crippen molar-refractivity contribution in [3.63, 3.8) is 0 Å². The first kappa shape index (κ1) is 15.4. The summed E-state index contributed by atoms with van der Waals surface area (Å²) in [7, 11) is 0. The number of hydrogen-bond donors (Lipinski definition) is 1. The number of morpholine rings is 1. The van der Waals surface area contributed by atoms with Gasteiger partial charge in [-0.25, -0.2) is 8.78 Å². The Labute approximate surface area is 118 Å². The molecule has 20 heavy (non-hydrogen) atoms. The highest BCUT2D eigenvalue weighted by atomic mass is 19.2. The van der Waals surface area contributed by atoms with Crippen molar-refractivity contribution >= 4 is 0 Å². The molecule has 1 saturated heterocycles. The summed E-state index contributed by atoms with van der Waals surface area (Å²) in [4.78, 5) is 2.21. The molecule has 1 aliphatic rings. The molecule has 1 aromatic carbocycles. The minimum atomic E-state index is -0.996. The fourth-order valence-electron chi connectivity index (χ4n) is 2.52. The van der Waals surface area contributed by atoms with E-state index in [4.69, 9.17) is 4.74 Å². The SMILES string of the molecule is CC1(C)COCCN1CCC(O)c1cccc(F)c1F. The molecule has 112 valence electrons. The van der Waals surface area contributed by atoms with Crippen LogP contribution in [-0.2, 0) is 4.74 Å². The second-order valence-corrected chi connectivity index (χ2v) is 5.80. The monoisotopic (exact) mass is 285 g/mol. The van der Waals surface area contributed by atoms with Crippen LogP contribution >= 0.6 is 0 Å². The van der Waals surface area contributed by atoms with Crippen LogP contribution in [0.5, 0.6) is 0 Å². The number of ether oxygens (including phenoxy) is 1. The summed E-state index contributed by atoms with van der Waals surface area (Å²) in [6.07, 6.45) is -0.631. The number of nitrogens with zero attached hydrogens (tertiary/aromatic N) is 1. The summed E-state index contributed by atoms with van der Waals surface area (Å²) in [5, 5.41) is 10.1. The number of hydrogen-bond acceptors (Lipinski definition) is 3. The van der Waals surface area contributed by atoms with Gasteiger partial charge in [0.25, 0.3) is 0 Å². The van der Waals surface area contributed by atoms with E-state index >= 15 is 0 Å². The van der Waals surface area contributed by atoms with Gasteiger partial charge in [-0.05, 0) is 26.3 Å². The van der Waals surface area contributed by atoms with Gasteiger partial charge >= 0.3 is 0 Å². The van der Waals surface area contributed by atoms with Crippen molar-refractivity contribution in [1.29, 1.82) is 0 Å². The number of halogens is 2. The Morgan fingerprint density at radius 1 is 1.40 bits per heavy atom. The van der Waals surface area contributed by atoms with Crippen LogP contribution in [0.25, 0.3) is 0 Å². The number of rotatable bonds is 4. The van der Waals surface area contributed by atoms with Crippen LogP contribution in [-0.4, -0.2) is 41.8 Å². The Balaban J connectivity index is 1.98. The molecule has 5 heteroatoms. The zero-order chi connectivity index (χ0) is 14.8. The molecule has 1 aromatic rings. The van der Waals surface area contributed by atoms with Gasteiger partial charge in [-0.3, -0.25) is 4.90 Å². The van der Waals surface area contributed by atoms with E-state index in [2.05, 4.69) is 18.7 Å². The number of aliphatic hydroxyl groups excluding tert-OH is 1. The Morgan fingerprint density at radius 2 is 2.15 bits per heavy atom. The van der Waals surface area contributed by atoms with Gasteiger partial charge in [0.15, 0.2) is 11.6 Å². The Bertz CT molecular complexity index is 465. The van der Waals surface area contributed by atoms with Gasteiger partial charge in [-0.2, -0.15) is 0 Å². The Hall–Kier alpha value is -1.04. The summed E-state index contributed by atoms with van der Waals surface area (Å²) >= 11 is 0. The van der Waals surface area contributed by atoms with Crippen LogP contribution in [0.3, 0.4) is 0 Å². The van der Waals surface area contributed by atoms with E-state index < -0.39 is 17.7 Å². The van der Waals surface area contributed by atoms with Crippen molar-refractivity contribution in [2.75, 3.05) is 26.3 Å². The molecule has 1 N–H and O–H groups in total. The number of benzene rings is 1. The van der Waals surface area contributed by atoms with Gasteiger partial charge in [0.2, 0.25) is 0 Å². The van der Waals surface area contributed by atoms with Crippen LogP contribution in [0.1, 0.15) is 31.9 Å². The summed E-state index contributed by atoms with van der Waals surface area (Å²) in [5.74, 6) is -1.88. The molecule has 0 saturated carbocycles. The van der Waals surface area contributed by atoms with E-state index in [0.717, 1.165) is 12.6 Å². The normalized spacial score (nSPS) is 20.9. The van der Waals surface area contributed by atoms with Crippen molar-refractivity contribution in [3.05, 3.63) is 35.4 Å². The van der Waals surface area contributed by atoms with Crippen LogP contribution in [0.2, 0.25) is 0 Å². The molecule has 1 aliphatic heterocycles. The smallest absolute Gasteiger partial charge is 0.164 e. The van der Waals surface area contributed by atoms with Crippen molar-refractivity contribution in [1.82, 2.24) is 4.90 Å². The van der Waals surface area contributed by atoms with Crippen molar-refractivity contribution in [2.24, 2.45) is 0 Å². The fraction of sp³-hybridized carbons (Fsp3) is 0.600. The molecule has 0 radical (unpaired) electrons. The molecule has 0 aliphatic carbocycles. The highest BCUT2D eigenvalue weighted by Gasteiger charge is 2.30. The van der Waals surface area contributed by atoms with E-state index in [1.807, 2.05) is 0 Å². The van der Waals surface area contributed by atoms with Crippen molar-refractivity contribution < 1.29 is 18.6 Å². The van der Waals surface area contributed by atoms with E-state index in [1.54, 1.807) is 0 Å². The Kier molecular flexibility index (Phi) is 4.73. The number of aliphatic hydroxyl groups is 1. The topological polar surface area (TPSA) is 32.7 Å². The van der Waals surface area contributed by atoms with Crippen molar-refractivity contribution in [3.8, 4) is 0 Å². The quantitative estimate of drug-likeness (QED) is 0.922. The molecule has 3 nitrogen and oxygen atoms in total. The molecular weight excluding hydrogens is 264 g/mol. The van der Waals surface area contributed by atoms with Crippen molar-refractivity contribution in [2.45, 2.75) is 31.9 Å². The van der Waals surface area contributed by atoms with Crippen LogP contribution < -0.4 is 0 Å². The minimum absolute atomic E-state index is 0.0241. The first-order valence-corrected chi connectivity index (χ1v) is 6.86. The lowest BCUT2D eigenvalue weighted by Gasteiger charge is -2.42. The third-order valence-electron chi connectivity index (χ3n) is 3.83. The third-order valence-corrected chi connectivity index (χ3v) is 3.83. The summed E-state index contributed by atoms with van der Waals surface area (Å²) in [6.45, 7) is 6.84. The molecular formula is C15H21F2NO2. The first-order valence-electron chi connectivity index (χ1n) is 6.86. The maximum absolute atomic E-state index is 13.6. The van der Waals surface area contributed by atoms with E-state index in [0.29, 0.717) is 26.2 Å². The van der Waals surface area contributed by atoms with E-state index in [9.17, 15) is 13.9 Å². The standard InChI is InChI=1S/C15H21F2NO2/c1-15(2)10-20-9-8-18(15)7-6-13(19)11-4-3-5-12(16)14(11)17/h3-5,13,19H,6-10H2,1-2H3. The summed E-state index contributed by atoms with van der Waals surface area (Å²) < 4.78 is 32.2. The Morgan fingerprint density at radius 3 is 2.85 bits per heavy atom. The maximum atomic E-state index is 13.6. The summed E-state index contributed by atoms with van der Waals surface area (Å²) in [6, 6.07) is 3.89. The zero-order valence-corrected chi connectivity index (χ0v) is 11.9. The third kappa shape index (κ3) is 3.34. The average molecular weight is 285 g/mol. The van der Waals surface area contributed by atoms with Crippen LogP contribution in [0.15, 0.2) is 18.2 Å². The van der Waals surface area contributed by atoms with Gasteiger partial charge in [0.1, 0.15) is 0 Å². The second kappa shape index (κ2) is 6.16. The fourth-order valence-corrected chi connectivity index (χ4v) is 2.52. The predicted molar refractivity (Wildman–Crippen MR) is 72.4 cm³/mol. The van der Waals surface area contributed by atoms with Gasteiger partial charge < -0.3 is 9.84 Å². The molecule has 1 atom stereocenters. The van der Waals surface area contributed by atoms with Gasteiger partial charge in [-0.1, -0.05) is 12.1 Å². The highest BCUT2D eigenvalue weighted by molar-refractivity contribution is 5.21. The lowest BCUT2D eigenvalue weighted by molar-refractivity contribution is -0.0553. The second-order valence-electron chi connectivity index (χ2n) is 5.80.